The van der Waals surface area contributed by atoms with Gasteiger partial charge in [0.05, 0.1) is 0 Å². The fourth-order valence-electron chi connectivity index (χ4n) is 2.86. The molecule has 3 rings (SSSR count). The van der Waals surface area contributed by atoms with Crippen LogP contribution in [0.5, 0.6) is 0 Å². The van der Waals surface area contributed by atoms with E-state index in [0.717, 1.165) is 0 Å². The summed E-state index contributed by atoms with van der Waals surface area (Å²) in [4.78, 5) is 45.0. The first-order valence-corrected chi connectivity index (χ1v) is 7.47. The van der Waals surface area contributed by atoms with Crippen molar-refractivity contribution >= 4 is 23.2 Å². The van der Waals surface area contributed by atoms with Gasteiger partial charge in [0.25, 0.3) is 5.56 Å². The second-order valence-electron chi connectivity index (χ2n) is 5.56. The number of anilines is 1. The van der Waals surface area contributed by atoms with Crippen molar-refractivity contribution in [3.8, 4) is 0 Å². The van der Waals surface area contributed by atoms with Gasteiger partial charge in [0.1, 0.15) is 0 Å². The third kappa shape index (κ3) is 2.45. The van der Waals surface area contributed by atoms with Crippen LogP contribution in [-0.4, -0.2) is 61.4 Å². The number of amides is 1. The second-order valence-corrected chi connectivity index (χ2v) is 5.56. The van der Waals surface area contributed by atoms with E-state index in [9.17, 15) is 14.4 Å². The highest BCUT2D eigenvalue weighted by Crippen LogP contribution is 2.20. The first-order valence-electron chi connectivity index (χ1n) is 7.47. The van der Waals surface area contributed by atoms with Gasteiger partial charge in [-0.1, -0.05) is 6.08 Å². The molecule has 0 unspecified atom stereocenters. The van der Waals surface area contributed by atoms with Crippen molar-refractivity contribution in [2.45, 2.75) is 6.54 Å². The topological polar surface area (TPSA) is 116 Å². The van der Waals surface area contributed by atoms with Crippen LogP contribution in [0, 0.1) is 0 Å². The molecule has 0 radical (unpaired) electrons. The Morgan fingerprint density at radius 1 is 1.33 bits per heavy atom. The SMILES string of the molecule is C=CCn1c(N2CCN(C(=O)O)CC2)nc2c1c(=O)[nH]c(=O)n2C. The van der Waals surface area contributed by atoms with Gasteiger partial charge in [-0.25, -0.2) is 9.59 Å². The molecule has 10 nitrogen and oxygen atoms in total. The molecule has 0 aliphatic carbocycles. The first kappa shape index (κ1) is 15.8. The van der Waals surface area contributed by atoms with Gasteiger partial charge >= 0.3 is 11.8 Å². The summed E-state index contributed by atoms with van der Waals surface area (Å²) < 4.78 is 2.98. The summed E-state index contributed by atoms with van der Waals surface area (Å²) in [5.41, 5.74) is -0.440. The standard InChI is InChI=1S/C14H18N6O4/c1-3-4-20-9-10(17(2)13(22)16-11(9)21)15-12(20)18-5-7-19(8-6-18)14(23)24/h3H,1,4-8H2,2H3,(H,23,24)(H,16,21,22). The van der Waals surface area contributed by atoms with Crippen molar-refractivity contribution in [3.63, 3.8) is 0 Å². The molecule has 3 heterocycles. The molecule has 2 aromatic rings. The van der Waals surface area contributed by atoms with Crippen molar-refractivity contribution in [2.75, 3.05) is 31.1 Å². The lowest BCUT2D eigenvalue weighted by molar-refractivity contribution is 0.142. The number of nitrogens with zero attached hydrogens (tertiary/aromatic N) is 5. The lowest BCUT2D eigenvalue weighted by atomic mass is 10.3. The summed E-state index contributed by atoms with van der Waals surface area (Å²) in [7, 11) is 1.54. The molecule has 24 heavy (non-hydrogen) atoms. The van der Waals surface area contributed by atoms with Crippen LogP contribution >= 0.6 is 0 Å². The number of hydrogen-bond donors (Lipinski definition) is 2. The Morgan fingerprint density at radius 2 is 2.00 bits per heavy atom. The Labute approximate surface area is 136 Å². The molecule has 10 heteroatoms. The van der Waals surface area contributed by atoms with Crippen LogP contribution in [0.25, 0.3) is 11.2 Å². The Morgan fingerprint density at radius 3 is 2.58 bits per heavy atom. The van der Waals surface area contributed by atoms with Gasteiger partial charge in [-0.05, 0) is 0 Å². The smallest absolute Gasteiger partial charge is 0.407 e. The molecule has 0 bridgehead atoms. The van der Waals surface area contributed by atoms with Crippen LogP contribution in [0.15, 0.2) is 22.2 Å². The van der Waals surface area contributed by atoms with Gasteiger partial charge in [-0.2, -0.15) is 4.98 Å². The van der Waals surface area contributed by atoms with E-state index in [2.05, 4.69) is 16.5 Å². The minimum atomic E-state index is -0.951. The number of allylic oxidation sites excluding steroid dienone is 1. The van der Waals surface area contributed by atoms with Crippen LogP contribution in [0.2, 0.25) is 0 Å². The number of aromatic nitrogens is 4. The summed E-state index contributed by atoms with van der Waals surface area (Å²) in [5.74, 6) is 0.529. The summed E-state index contributed by atoms with van der Waals surface area (Å²) >= 11 is 0. The number of hydrogen-bond acceptors (Lipinski definition) is 5. The van der Waals surface area contributed by atoms with Crippen LogP contribution in [0.1, 0.15) is 0 Å². The largest absolute Gasteiger partial charge is 0.465 e. The molecule has 2 N–H and O–H groups in total. The van der Waals surface area contributed by atoms with Gasteiger partial charge in [-0.15, -0.1) is 6.58 Å². The van der Waals surface area contributed by atoms with Crippen LogP contribution in [0.3, 0.4) is 0 Å². The molecule has 1 fully saturated rings. The minimum absolute atomic E-state index is 0.293. The molecular weight excluding hydrogens is 316 g/mol. The lowest BCUT2D eigenvalue weighted by Gasteiger charge is -2.33. The number of rotatable bonds is 3. The predicted molar refractivity (Wildman–Crippen MR) is 87.6 cm³/mol. The predicted octanol–water partition coefficient (Wildman–Crippen LogP) is -0.591. The van der Waals surface area contributed by atoms with Crippen molar-refractivity contribution in [2.24, 2.45) is 7.05 Å². The molecule has 1 amide bonds. The highest BCUT2D eigenvalue weighted by Gasteiger charge is 2.25. The quantitative estimate of drug-likeness (QED) is 0.725. The molecule has 1 saturated heterocycles. The number of aryl methyl sites for hydroxylation is 1. The van der Waals surface area contributed by atoms with Gasteiger partial charge in [-0.3, -0.25) is 14.3 Å². The Balaban J connectivity index is 2.10. The number of nitrogens with one attached hydrogen (secondary N) is 1. The minimum Gasteiger partial charge on any atom is -0.465 e. The van der Waals surface area contributed by atoms with Gasteiger partial charge < -0.3 is 19.5 Å². The number of carboxylic acid groups (broad SMARTS) is 1. The van der Waals surface area contributed by atoms with Gasteiger partial charge in [0, 0.05) is 39.8 Å². The lowest BCUT2D eigenvalue weighted by Crippen LogP contribution is -2.49. The molecule has 0 saturated carbocycles. The number of imidazole rings is 1. The molecule has 0 atom stereocenters. The highest BCUT2D eigenvalue weighted by atomic mass is 16.4. The van der Waals surface area contributed by atoms with Crippen LogP contribution in [0.4, 0.5) is 10.7 Å². The average Bonchev–Trinajstić information content (AvgIpc) is 2.93. The van der Waals surface area contributed by atoms with Gasteiger partial charge in [0.2, 0.25) is 5.95 Å². The fraction of sp³-hybridized carbons (Fsp3) is 0.429. The van der Waals surface area contributed by atoms with Crippen molar-refractivity contribution < 1.29 is 9.90 Å². The molecule has 1 aliphatic rings. The van der Waals surface area contributed by atoms with Crippen molar-refractivity contribution in [1.82, 2.24) is 24.0 Å². The van der Waals surface area contributed by atoms with E-state index >= 15 is 0 Å². The van der Waals surface area contributed by atoms with E-state index in [1.165, 1.54) is 16.5 Å². The summed E-state index contributed by atoms with van der Waals surface area (Å²) in [6, 6.07) is 0. The maximum Gasteiger partial charge on any atom is 0.407 e. The van der Waals surface area contributed by atoms with Crippen molar-refractivity contribution in [3.05, 3.63) is 33.5 Å². The van der Waals surface area contributed by atoms with E-state index in [1.54, 1.807) is 10.6 Å². The fourth-order valence-corrected chi connectivity index (χ4v) is 2.86. The summed E-state index contributed by atoms with van der Waals surface area (Å²) in [6.45, 7) is 5.67. The van der Waals surface area contributed by atoms with E-state index in [0.29, 0.717) is 49.8 Å². The zero-order valence-electron chi connectivity index (χ0n) is 13.2. The second kappa shape index (κ2) is 5.87. The maximum atomic E-state index is 12.2. The number of carbonyl (C=O) groups is 1. The zero-order valence-corrected chi connectivity index (χ0v) is 13.2. The zero-order chi connectivity index (χ0) is 17.4. The third-order valence-electron chi connectivity index (χ3n) is 4.13. The molecule has 0 aromatic carbocycles. The molecule has 128 valence electrons. The third-order valence-corrected chi connectivity index (χ3v) is 4.13. The van der Waals surface area contributed by atoms with E-state index in [4.69, 9.17) is 5.11 Å². The first-order chi connectivity index (χ1) is 11.4. The summed E-state index contributed by atoms with van der Waals surface area (Å²) in [6.07, 6.45) is 0.691. The van der Waals surface area contributed by atoms with Crippen molar-refractivity contribution in [1.29, 1.82) is 0 Å². The Hall–Kier alpha value is -3.04. The number of fused-ring (bicyclic) bond motifs is 1. The molecule has 0 spiro atoms. The van der Waals surface area contributed by atoms with E-state index < -0.39 is 17.3 Å². The molecular formula is C14H18N6O4. The Bertz CT molecular complexity index is 916. The molecule has 2 aromatic heterocycles. The number of aromatic amines is 1. The number of piperazine rings is 1. The monoisotopic (exact) mass is 334 g/mol. The van der Waals surface area contributed by atoms with Crippen LogP contribution in [-0.2, 0) is 13.6 Å². The van der Waals surface area contributed by atoms with E-state index in [1.807, 2.05) is 4.90 Å². The summed E-state index contributed by atoms with van der Waals surface area (Å²) in [5, 5.41) is 9.04. The number of H-pyrrole nitrogens is 1. The normalized spacial score (nSPS) is 15.0. The average molecular weight is 334 g/mol. The molecule has 1 aliphatic heterocycles. The maximum absolute atomic E-state index is 12.2. The van der Waals surface area contributed by atoms with E-state index in [-0.39, 0.29) is 0 Å². The highest BCUT2D eigenvalue weighted by molar-refractivity contribution is 5.74. The van der Waals surface area contributed by atoms with Gasteiger partial charge in [0.15, 0.2) is 11.2 Å². The Kier molecular flexibility index (Phi) is 3.87. The van der Waals surface area contributed by atoms with Crippen LogP contribution < -0.4 is 16.1 Å².